The summed E-state index contributed by atoms with van der Waals surface area (Å²) < 4.78 is 0. The lowest BCUT2D eigenvalue weighted by atomic mass is 10.1. The first-order valence-electron chi connectivity index (χ1n) is 9.71. The highest BCUT2D eigenvalue weighted by Crippen LogP contribution is 2.17. The van der Waals surface area contributed by atoms with Gasteiger partial charge < -0.3 is 15.5 Å². The molecule has 144 valence electrons. The van der Waals surface area contributed by atoms with Gasteiger partial charge in [-0.2, -0.15) is 0 Å². The smallest absolute Gasteiger partial charge is 0.191 e. The largest absolute Gasteiger partial charge is 0.357 e. The van der Waals surface area contributed by atoms with E-state index in [0.717, 1.165) is 55.0 Å². The molecule has 0 bridgehead atoms. The summed E-state index contributed by atoms with van der Waals surface area (Å²) in [6, 6.07) is 12.2. The maximum Gasteiger partial charge on any atom is 0.191 e. The highest BCUT2D eigenvalue weighted by Gasteiger charge is 2.12. The van der Waals surface area contributed by atoms with E-state index in [0.29, 0.717) is 6.54 Å². The van der Waals surface area contributed by atoms with E-state index >= 15 is 0 Å². The van der Waals surface area contributed by atoms with Crippen LogP contribution in [0.4, 0.5) is 5.82 Å². The SMILES string of the molecule is CCNC(=NCc1ccc(N2CCCC2)nc1)NCCc1ccc(Cl)cc1. The number of guanidine groups is 1. The van der Waals surface area contributed by atoms with Crippen molar-refractivity contribution in [2.75, 3.05) is 31.1 Å². The molecule has 2 N–H and O–H groups in total. The number of hydrogen-bond donors (Lipinski definition) is 2. The average Bonchev–Trinajstić information content (AvgIpc) is 3.23. The molecule has 0 saturated carbocycles. The minimum absolute atomic E-state index is 0.615. The minimum Gasteiger partial charge on any atom is -0.357 e. The van der Waals surface area contributed by atoms with E-state index < -0.39 is 0 Å². The molecule has 1 aliphatic rings. The summed E-state index contributed by atoms with van der Waals surface area (Å²) in [5.41, 5.74) is 2.37. The van der Waals surface area contributed by atoms with Crippen LogP contribution < -0.4 is 15.5 Å². The second-order valence-corrected chi connectivity index (χ2v) is 7.15. The van der Waals surface area contributed by atoms with Gasteiger partial charge in [-0.15, -0.1) is 0 Å². The lowest BCUT2D eigenvalue weighted by Gasteiger charge is -2.16. The predicted molar refractivity (Wildman–Crippen MR) is 114 cm³/mol. The first-order chi connectivity index (χ1) is 13.2. The van der Waals surface area contributed by atoms with Crippen molar-refractivity contribution in [2.24, 2.45) is 4.99 Å². The maximum atomic E-state index is 5.93. The quantitative estimate of drug-likeness (QED) is 0.564. The third kappa shape index (κ3) is 6.14. The van der Waals surface area contributed by atoms with Crippen molar-refractivity contribution >= 4 is 23.4 Å². The Bertz CT molecular complexity index is 721. The van der Waals surface area contributed by atoms with Gasteiger partial charge in [0.25, 0.3) is 0 Å². The summed E-state index contributed by atoms with van der Waals surface area (Å²) in [4.78, 5) is 11.6. The molecule has 1 fully saturated rings. The van der Waals surface area contributed by atoms with Gasteiger partial charge in [0.1, 0.15) is 5.82 Å². The Morgan fingerprint density at radius 1 is 1.07 bits per heavy atom. The Hall–Kier alpha value is -2.27. The zero-order chi connectivity index (χ0) is 18.9. The Balaban J connectivity index is 1.50. The summed E-state index contributed by atoms with van der Waals surface area (Å²) in [7, 11) is 0. The monoisotopic (exact) mass is 385 g/mol. The lowest BCUT2D eigenvalue weighted by molar-refractivity contribution is 0.799. The van der Waals surface area contributed by atoms with Gasteiger partial charge in [-0.05, 0) is 55.5 Å². The van der Waals surface area contributed by atoms with E-state index in [2.05, 4.69) is 56.7 Å². The van der Waals surface area contributed by atoms with E-state index in [-0.39, 0.29) is 0 Å². The normalized spacial score (nSPS) is 14.4. The van der Waals surface area contributed by atoms with Crippen LogP contribution in [0, 0.1) is 0 Å². The van der Waals surface area contributed by atoms with E-state index in [1.165, 1.54) is 18.4 Å². The summed E-state index contributed by atoms with van der Waals surface area (Å²) >= 11 is 5.93. The minimum atomic E-state index is 0.615. The molecule has 1 aromatic carbocycles. The fourth-order valence-corrected chi connectivity index (χ4v) is 3.26. The van der Waals surface area contributed by atoms with Gasteiger partial charge >= 0.3 is 0 Å². The van der Waals surface area contributed by atoms with Gasteiger partial charge in [0, 0.05) is 37.4 Å². The Kier molecular flexibility index (Phi) is 7.34. The highest BCUT2D eigenvalue weighted by molar-refractivity contribution is 6.30. The average molecular weight is 386 g/mol. The van der Waals surface area contributed by atoms with Crippen molar-refractivity contribution in [2.45, 2.75) is 32.7 Å². The molecule has 0 amide bonds. The molecule has 0 spiro atoms. The van der Waals surface area contributed by atoms with Gasteiger partial charge in [0.05, 0.1) is 6.54 Å². The number of anilines is 1. The van der Waals surface area contributed by atoms with Gasteiger partial charge in [0.2, 0.25) is 0 Å². The number of aliphatic imine (C=N–C) groups is 1. The first-order valence-corrected chi connectivity index (χ1v) is 10.1. The molecule has 3 rings (SSSR count). The van der Waals surface area contributed by atoms with Gasteiger partial charge in [-0.3, -0.25) is 0 Å². The zero-order valence-electron chi connectivity index (χ0n) is 15.9. The number of nitrogens with zero attached hydrogens (tertiary/aromatic N) is 3. The molecule has 0 unspecified atom stereocenters. The van der Waals surface area contributed by atoms with Crippen LogP contribution in [-0.2, 0) is 13.0 Å². The molecule has 0 radical (unpaired) electrons. The third-order valence-corrected chi connectivity index (χ3v) is 4.87. The van der Waals surface area contributed by atoms with E-state index in [1.807, 2.05) is 18.3 Å². The molecule has 1 aromatic heterocycles. The number of pyridine rings is 1. The topological polar surface area (TPSA) is 52.6 Å². The van der Waals surface area contributed by atoms with Crippen LogP contribution in [-0.4, -0.2) is 37.1 Å². The van der Waals surface area contributed by atoms with Crippen LogP contribution in [0.15, 0.2) is 47.6 Å². The van der Waals surface area contributed by atoms with E-state index in [1.54, 1.807) is 0 Å². The summed E-state index contributed by atoms with van der Waals surface area (Å²) in [5, 5.41) is 7.45. The molecule has 0 aliphatic carbocycles. The second kappa shape index (κ2) is 10.2. The Morgan fingerprint density at radius 3 is 2.48 bits per heavy atom. The van der Waals surface area contributed by atoms with Crippen LogP contribution >= 0.6 is 11.6 Å². The van der Waals surface area contributed by atoms with Gasteiger partial charge in [-0.1, -0.05) is 29.8 Å². The Labute approximate surface area is 166 Å². The molecule has 1 saturated heterocycles. The number of halogens is 1. The molecule has 2 aromatic rings. The lowest BCUT2D eigenvalue weighted by Crippen LogP contribution is -2.38. The number of rotatable bonds is 7. The van der Waals surface area contributed by atoms with Crippen LogP contribution in [0.5, 0.6) is 0 Å². The summed E-state index contributed by atoms with van der Waals surface area (Å²) in [6.07, 6.45) is 5.39. The maximum absolute atomic E-state index is 5.93. The number of aromatic nitrogens is 1. The molecule has 27 heavy (non-hydrogen) atoms. The van der Waals surface area contributed by atoms with Crippen LogP contribution in [0.25, 0.3) is 0 Å². The zero-order valence-corrected chi connectivity index (χ0v) is 16.7. The summed E-state index contributed by atoms with van der Waals surface area (Å²) in [6.45, 7) is 6.57. The van der Waals surface area contributed by atoms with E-state index in [9.17, 15) is 0 Å². The third-order valence-electron chi connectivity index (χ3n) is 4.62. The van der Waals surface area contributed by atoms with Crippen LogP contribution in [0.2, 0.25) is 5.02 Å². The fraction of sp³-hybridized carbons (Fsp3) is 0.429. The first kappa shape index (κ1) is 19.5. The van der Waals surface area contributed by atoms with Crippen molar-refractivity contribution in [1.82, 2.24) is 15.6 Å². The van der Waals surface area contributed by atoms with Crippen molar-refractivity contribution in [3.63, 3.8) is 0 Å². The molecule has 6 heteroatoms. The second-order valence-electron chi connectivity index (χ2n) is 6.72. The van der Waals surface area contributed by atoms with Crippen molar-refractivity contribution < 1.29 is 0 Å². The molecule has 2 heterocycles. The molecule has 0 atom stereocenters. The molecule has 1 aliphatic heterocycles. The Morgan fingerprint density at radius 2 is 1.81 bits per heavy atom. The summed E-state index contributed by atoms with van der Waals surface area (Å²) in [5.74, 6) is 1.91. The predicted octanol–water partition coefficient (Wildman–Crippen LogP) is 3.63. The standard InChI is InChI=1S/C21H28ClN5/c1-2-23-21(24-12-11-17-5-8-19(22)9-6-17)26-16-18-7-10-20(25-15-18)27-13-3-4-14-27/h5-10,15H,2-4,11-14,16H2,1H3,(H2,23,24,26). The van der Waals surface area contributed by atoms with Gasteiger partial charge in [-0.25, -0.2) is 9.98 Å². The molecular formula is C21H28ClN5. The van der Waals surface area contributed by atoms with Crippen LogP contribution in [0.3, 0.4) is 0 Å². The molecular weight excluding hydrogens is 358 g/mol. The van der Waals surface area contributed by atoms with Crippen molar-refractivity contribution in [1.29, 1.82) is 0 Å². The number of hydrogen-bond acceptors (Lipinski definition) is 3. The molecule has 5 nitrogen and oxygen atoms in total. The van der Waals surface area contributed by atoms with Crippen molar-refractivity contribution in [3.8, 4) is 0 Å². The van der Waals surface area contributed by atoms with Crippen LogP contribution in [0.1, 0.15) is 30.9 Å². The number of nitrogens with one attached hydrogen (secondary N) is 2. The highest BCUT2D eigenvalue weighted by atomic mass is 35.5. The van der Waals surface area contributed by atoms with Crippen molar-refractivity contribution in [3.05, 3.63) is 58.7 Å². The number of benzene rings is 1. The van der Waals surface area contributed by atoms with E-state index in [4.69, 9.17) is 11.6 Å². The van der Waals surface area contributed by atoms with Gasteiger partial charge in [0.15, 0.2) is 5.96 Å². The fourth-order valence-electron chi connectivity index (χ4n) is 3.13.